The number of aromatic nitrogens is 3. The van der Waals surface area contributed by atoms with Crippen molar-refractivity contribution >= 4 is 63.1 Å². The normalized spacial score (nSPS) is 19.6. The number of nitrogens with two attached hydrogens (primary N) is 1. The molecule has 12 heteroatoms. The summed E-state index contributed by atoms with van der Waals surface area (Å²) in [5.74, 6) is 1.53. The molecule has 3 aromatic rings. The Balaban J connectivity index is 1.04. The number of anilines is 1. The van der Waals surface area contributed by atoms with Gasteiger partial charge >= 0.3 is 0 Å². The first kappa shape index (κ1) is 36.6. The summed E-state index contributed by atoms with van der Waals surface area (Å²) < 4.78 is 2.30. The number of carbonyl (C=O) groups is 4. The number of aryl methyl sites for hydroxylation is 2. The van der Waals surface area contributed by atoms with Crippen LogP contribution >= 0.6 is 11.8 Å². The lowest BCUT2D eigenvalue weighted by molar-refractivity contribution is -0.139. The van der Waals surface area contributed by atoms with E-state index in [1.165, 1.54) is 16.7 Å². The Bertz CT molecular complexity index is 1620. The molecule has 4 amide bonds. The minimum atomic E-state index is -0.485. The summed E-state index contributed by atoms with van der Waals surface area (Å²) in [4.78, 5) is 61.8. The highest BCUT2D eigenvalue weighted by Crippen LogP contribution is 2.33. The lowest BCUT2D eigenvalue weighted by Crippen LogP contribution is -2.39. The number of rotatable bonds is 18. The number of nitrogen functional groups attached to an aromatic ring is 1. The second kappa shape index (κ2) is 17.8. The van der Waals surface area contributed by atoms with Gasteiger partial charge in [0.15, 0.2) is 5.82 Å². The van der Waals surface area contributed by atoms with Crippen LogP contribution in [0.4, 0.5) is 5.82 Å². The van der Waals surface area contributed by atoms with Crippen LogP contribution in [0.15, 0.2) is 24.3 Å². The topological polar surface area (TPSA) is 152 Å². The first-order chi connectivity index (χ1) is 23.8. The predicted octanol–water partition coefficient (Wildman–Crippen LogP) is 5.38. The quantitative estimate of drug-likeness (QED) is 0.119. The Kier molecular flexibility index (Phi) is 13.3. The van der Waals surface area contributed by atoms with Gasteiger partial charge < -0.3 is 20.9 Å². The molecule has 0 bridgehead atoms. The van der Waals surface area contributed by atoms with E-state index in [9.17, 15) is 19.2 Å². The molecule has 11 nitrogen and oxygen atoms in total. The number of imidazole rings is 1. The number of hydrogen-bond acceptors (Lipinski definition) is 8. The average molecular weight is 692 g/mol. The minimum Gasteiger partial charge on any atom is -0.382 e. The number of para-hydroxylation sites is 1. The summed E-state index contributed by atoms with van der Waals surface area (Å²) in [6.45, 7) is 6.76. The maximum atomic E-state index is 13.0. The van der Waals surface area contributed by atoms with Gasteiger partial charge in [0.25, 0.3) is 0 Å². The van der Waals surface area contributed by atoms with Crippen LogP contribution in [0.3, 0.4) is 0 Å². The van der Waals surface area contributed by atoms with Crippen LogP contribution in [0.2, 0.25) is 0 Å². The largest absolute Gasteiger partial charge is 0.382 e. The maximum Gasteiger partial charge on any atom is 0.242 e. The van der Waals surface area contributed by atoms with Crippen molar-refractivity contribution in [2.75, 3.05) is 31.1 Å². The molecule has 266 valence electrons. The Morgan fingerprint density at radius 2 is 1.67 bits per heavy atom. The summed E-state index contributed by atoms with van der Waals surface area (Å²) in [6.07, 6.45) is 11.2. The number of hydrogen-bond donors (Lipinski definition) is 3. The monoisotopic (exact) mass is 691 g/mol. The number of thioether (sulfide) groups is 1. The summed E-state index contributed by atoms with van der Waals surface area (Å²) in [5, 5.41) is 6.62. The average Bonchev–Trinajstić information content (AvgIpc) is 3.61. The van der Waals surface area contributed by atoms with Crippen molar-refractivity contribution in [3.8, 4) is 0 Å². The van der Waals surface area contributed by atoms with E-state index in [0.717, 1.165) is 111 Å². The molecule has 2 fully saturated rings. The zero-order valence-electron chi connectivity index (χ0n) is 29.2. The van der Waals surface area contributed by atoms with E-state index in [1.807, 2.05) is 18.2 Å². The fourth-order valence-electron chi connectivity index (χ4n) is 7.09. The number of nitrogens with zero attached hydrogens (tertiary/aromatic N) is 4. The Hall–Kier alpha value is -3.67. The smallest absolute Gasteiger partial charge is 0.242 e. The van der Waals surface area contributed by atoms with Gasteiger partial charge in [0.2, 0.25) is 23.6 Å². The number of carbonyl (C=O) groups excluding carboxylic acids is 4. The second-order valence-corrected chi connectivity index (χ2v) is 14.8. The molecule has 0 radical (unpaired) electrons. The van der Waals surface area contributed by atoms with Gasteiger partial charge in [0, 0.05) is 50.3 Å². The Morgan fingerprint density at radius 1 is 0.939 bits per heavy atom. The zero-order valence-corrected chi connectivity index (χ0v) is 30.0. The molecule has 1 atom stereocenters. The number of imide groups is 1. The van der Waals surface area contributed by atoms with Crippen LogP contribution in [0, 0.1) is 11.8 Å². The van der Waals surface area contributed by atoms with Crippen molar-refractivity contribution in [3.63, 3.8) is 0 Å². The van der Waals surface area contributed by atoms with Crippen molar-refractivity contribution in [2.45, 2.75) is 109 Å². The summed E-state index contributed by atoms with van der Waals surface area (Å²) in [7, 11) is 0. The van der Waals surface area contributed by atoms with E-state index >= 15 is 0 Å². The molecule has 4 N–H and O–H groups in total. The van der Waals surface area contributed by atoms with Gasteiger partial charge in [0.1, 0.15) is 11.3 Å². The molecule has 1 aromatic carbocycles. The van der Waals surface area contributed by atoms with E-state index in [0.29, 0.717) is 25.5 Å². The first-order valence-corrected chi connectivity index (χ1v) is 19.4. The van der Waals surface area contributed by atoms with Crippen molar-refractivity contribution in [3.05, 3.63) is 30.1 Å². The number of unbranched alkanes of at least 4 members (excludes halogenated alkanes) is 4. The SMILES string of the molecule is CCCCCNC(=O)CSC1CC(=O)N(CC2CCC(C(=O)NCCCCn3c(CCCC)nc4c(N)nc5ccccc5c43)CC2)C1=O. The lowest BCUT2D eigenvalue weighted by Gasteiger charge is -2.30. The van der Waals surface area contributed by atoms with Gasteiger partial charge in [-0.15, -0.1) is 11.8 Å². The molecule has 3 heterocycles. The fraction of sp³-hybridized carbons (Fsp3) is 0.622. The summed E-state index contributed by atoms with van der Waals surface area (Å²) in [5.41, 5.74) is 9.02. The van der Waals surface area contributed by atoms with Gasteiger partial charge in [0.05, 0.1) is 22.0 Å². The summed E-state index contributed by atoms with van der Waals surface area (Å²) >= 11 is 1.26. The zero-order chi connectivity index (χ0) is 34.8. The maximum absolute atomic E-state index is 13.0. The molecule has 2 aliphatic rings. The molecule has 1 saturated carbocycles. The molecule has 1 aliphatic carbocycles. The highest BCUT2D eigenvalue weighted by atomic mass is 32.2. The van der Waals surface area contributed by atoms with Gasteiger partial charge in [-0.25, -0.2) is 9.97 Å². The van der Waals surface area contributed by atoms with E-state index in [1.54, 1.807) is 0 Å². The van der Waals surface area contributed by atoms with Crippen molar-refractivity contribution in [1.82, 2.24) is 30.1 Å². The van der Waals surface area contributed by atoms with Crippen molar-refractivity contribution < 1.29 is 19.2 Å². The highest BCUT2D eigenvalue weighted by molar-refractivity contribution is 8.01. The molecule has 1 unspecified atom stereocenters. The number of benzene rings is 1. The van der Waals surface area contributed by atoms with Gasteiger partial charge in [-0.05, 0) is 63.4 Å². The van der Waals surface area contributed by atoms with E-state index < -0.39 is 5.25 Å². The second-order valence-electron chi connectivity index (χ2n) is 13.6. The first-order valence-electron chi connectivity index (χ1n) is 18.3. The van der Waals surface area contributed by atoms with Crippen LogP contribution in [-0.4, -0.2) is 73.7 Å². The van der Waals surface area contributed by atoms with E-state index in [2.05, 4.69) is 40.1 Å². The standard InChI is InChI=1S/C37H53N7O4S/c1-3-5-9-19-39-31(45)24-49-29-22-32(46)44(37(29)48)23-25-15-17-26(18-16-25)36(47)40-20-10-11-21-43-30(14-6-4-2)42-33-34(43)27-12-7-8-13-28(27)41-35(33)38/h7-8,12-13,25-26,29H,3-6,9-11,14-24H2,1-2H3,(H2,38,41)(H,39,45)(H,40,47). The number of nitrogens with one attached hydrogen (secondary N) is 2. The molecule has 1 aliphatic heterocycles. The molecular formula is C37H53N7O4S. The van der Waals surface area contributed by atoms with Crippen LogP contribution < -0.4 is 16.4 Å². The number of fused-ring (bicyclic) bond motifs is 3. The van der Waals surface area contributed by atoms with Crippen LogP contribution in [0.25, 0.3) is 21.9 Å². The summed E-state index contributed by atoms with van der Waals surface area (Å²) in [6, 6.07) is 8.06. The van der Waals surface area contributed by atoms with Crippen molar-refractivity contribution in [2.24, 2.45) is 11.8 Å². The predicted molar refractivity (Wildman–Crippen MR) is 196 cm³/mol. The van der Waals surface area contributed by atoms with Gasteiger partial charge in [-0.2, -0.15) is 0 Å². The molecule has 5 rings (SSSR count). The number of likely N-dealkylation sites (tertiary alicyclic amines) is 1. The third-order valence-corrected chi connectivity index (χ3v) is 11.1. The number of pyridine rings is 1. The number of amides is 4. The minimum absolute atomic E-state index is 0.0412. The van der Waals surface area contributed by atoms with Crippen LogP contribution in [0.1, 0.15) is 96.7 Å². The Morgan fingerprint density at radius 3 is 2.45 bits per heavy atom. The van der Waals surface area contributed by atoms with E-state index in [-0.39, 0.29) is 47.6 Å². The van der Waals surface area contributed by atoms with Crippen LogP contribution in [-0.2, 0) is 32.1 Å². The third kappa shape index (κ3) is 9.32. The lowest BCUT2D eigenvalue weighted by atomic mass is 9.81. The van der Waals surface area contributed by atoms with E-state index in [4.69, 9.17) is 10.7 Å². The highest BCUT2D eigenvalue weighted by Gasteiger charge is 2.40. The molecule has 2 aromatic heterocycles. The Labute approximate surface area is 293 Å². The van der Waals surface area contributed by atoms with Crippen LogP contribution in [0.5, 0.6) is 0 Å². The molecule has 1 saturated heterocycles. The van der Waals surface area contributed by atoms with Gasteiger partial charge in [-0.1, -0.05) is 51.3 Å². The van der Waals surface area contributed by atoms with Crippen molar-refractivity contribution in [1.29, 1.82) is 0 Å². The molecular weight excluding hydrogens is 639 g/mol. The third-order valence-electron chi connectivity index (χ3n) is 9.93. The van der Waals surface area contributed by atoms with Gasteiger partial charge in [-0.3, -0.25) is 24.1 Å². The fourth-order valence-corrected chi connectivity index (χ4v) is 8.08. The molecule has 0 spiro atoms. The molecule has 49 heavy (non-hydrogen) atoms.